The van der Waals surface area contributed by atoms with Crippen LogP contribution in [0.1, 0.15) is 124 Å². The third-order valence-corrected chi connectivity index (χ3v) is 6.92. The molecule has 12 heteroatoms. The van der Waals surface area contributed by atoms with E-state index in [2.05, 4.69) is 99.9 Å². The zero-order chi connectivity index (χ0) is 49.3. The van der Waals surface area contributed by atoms with E-state index in [0.717, 1.165) is 26.2 Å². The van der Waals surface area contributed by atoms with Crippen molar-refractivity contribution in [3.63, 3.8) is 0 Å². The Labute approximate surface area is 390 Å². The van der Waals surface area contributed by atoms with Gasteiger partial charge in [-0.05, 0) is 186 Å². The first-order valence-corrected chi connectivity index (χ1v) is 23.8. The Hall–Kier alpha value is -2.04. The summed E-state index contributed by atoms with van der Waals surface area (Å²) in [5.74, 6) is 0. The van der Waals surface area contributed by atoms with Crippen LogP contribution in [0.25, 0.3) is 0 Å². The minimum absolute atomic E-state index is 0.159. The maximum atomic E-state index is 5.61. The highest BCUT2D eigenvalue weighted by Gasteiger charge is 1.95. The SMILES string of the molecule is C1CCNC1.C1CCNCC1.CC(C)N.CC(N)c1ccccc1.CCCCNC.CCCNC.CCNC.CNC.CNC.CNC.CNC(C)C.CNCc1ccccc1. The zero-order valence-electron chi connectivity index (χ0n) is 45.0. The van der Waals surface area contributed by atoms with Gasteiger partial charge in [-0.25, -0.2) is 0 Å². The lowest BCUT2D eigenvalue weighted by Crippen LogP contribution is -2.21. The third kappa shape index (κ3) is 118. The number of benzene rings is 2. The summed E-state index contributed by atoms with van der Waals surface area (Å²) < 4.78 is 0. The number of unbranched alkanes of at least 4 members (excludes halogenated alkanes) is 1. The van der Waals surface area contributed by atoms with Gasteiger partial charge in [-0.3, -0.25) is 0 Å². The summed E-state index contributed by atoms with van der Waals surface area (Å²) in [5.41, 5.74) is 13.3. The average Bonchev–Trinajstić information content (AvgIpc) is 3.88. The van der Waals surface area contributed by atoms with Crippen molar-refractivity contribution in [3.8, 4) is 0 Å². The van der Waals surface area contributed by atoms with Gasteiger partial charge in [0.15, 0.2) is 0 Å². The van der Waals surface area contributed by atoms with Crippen molar-refractivity contribution in [2.24, 2.45) is 11.5 Å². The summed E-state index contributed by atoms with van der Waals surface area (Å²) in [5, 5.41) is 29.9. The molecule has 0 aromatic heterocycles. The molecule has 0 amide bonds. The normalized spacial score (nSPS) is 11.8. The molecule has 2 fully saturated rings. The first kappa shape index (κ1) is 77.2. The Bertz CT molecular complexity index is 834. The van der Waals surface area contributed by atoms with Crippen LogP contribution in [0.4, 0.5) is 0 Å². The monoisotopic (exact) mass is 885 g/mol. The Balaban J connectivity index is -0.0000000872. The highest BCUT2D eigenvalue weighted by atomic mass is 14.9. The van der Waals surface area contributed by atoms with Gasteiger partial charge in [0.05, 0.1) is 0 Å². The number of rotatable bonds is 10. The first-order chi connectivity index (χ1) is 29.7. The molecule has 1 atom stereocenters. The first-order valence-electron chi connectivity index (χ1n) is 23.8. The molecular weight excluding hydrogens is 769 g/mol. The molecule has 2 saturated heterocycles. The van der Waals surface area contributed by atoms with Crippen LogP contribution in [-0.4, -0.2) is 135 Å². The Morgan fingerprint density at radius 1 is 0.500 bits per heavy atom. The maximum Gasteiger partial charge on any atom is 0.0266 e. The summed E-state index contributed by atoms with van der Waals surface area (Å²) >= 11 is 0. The van der Waals surface area contributed by atoms with Crippen molar-refractivity contribution < 1.29 is 0 Å². The van der Waals surface area contributed by atoms with E-state index in [4.69, 9.17) is 11.5 Å². The van der Waals surface area contributed by atoms with Crippen LogP contribution in [0.2, 0.25) is 0 Å². The van der Waals surface area contributed by atoms with Gasteiger partial charge in [-0.15, -0.1) is 0 Å². The van der Waals surface area contributed by atoms with E-state index in [1.54, 1.807) is 0 Å². The maximum absolute atomic E-state index is 5.61. The third-order valence-electron chi connectivity index (χ3n) is 6.92. The molecule has 1 unspecified atom stereocenters. The predicted octanol–water partition coefficient (Wildman–Crippen LogP) is 6.56. The molecule has 0 bridgehead atoms. The Kier molecular flexibility index (Phi) is 103. The molecule has 2 heterocycles. The van der Waals surface area contributed by atoms with Crippen molar-refractivity contribution in [2.45, 2.75) is 131 Å². The van der Waals surface area contributed by atoms with Crippen LogP contribution >= 0.6 is 0 Å². The standard InChI is InChI=1S/2C8H11N.C5H11N.C5H13N.C4H9N.2C4H11N.2C3H9N.3C2H7N/c1-9-7-8-5-3-2-4-6-8;1-7(9)8-5-3-2-4-6-8;1-2-4-6-5-3-1;1-3-4-5-6-2;1-2-4-5-3-1;1-4(2)5-3;1-3-4-5-2;1-3-4-2;1-3(2)4;3*1-3-2/h2-6,9H,7H2,1H3;2-7H,9H2,1H3;6H,1-5H2;6H,3-5H2,1-2H3;5H,1-4H2;4-5H,1-3H3;5H,3-4H2,1-2H3;4H,3H2,1-2H3;3H,4H2,1-2H3;3*3H,1-2H3. The minimum atomic E-state index is 0.159. The number of hydrogen-bond acceptors (Lipinski definition) is 12. The fourth-order valence-electron chi connectivity index (χ4n) is 3.59. The lowest BCUT2D eigenvalue weighted by atomic mass is 10.1. The summed E-state index contributed by atoms with van der Waals surface area (Å²) in [7, 11) is 21.0. The highest BCUT2D eigenvalue weighted by Crippen LogP contribution is 2.06. The van der Waals surface area contributed by atoms with Gasteiger partial charge in [-0.1, -0.05) is 122 Å². The van der Waals surface area contributed by atoms with Crippen LogP contribution in [0, 0.1) is 0 Å². The molecule has 4 rings (SSSR count). The number of hydrogen-bond donors (Lipinski definition) is 12. The largest absolute Gasteiger partial charge is 0.328 e. The Morgan fingerprint density at radius 3 is 1.00 bits per heavy atom. The number of piperidine rings is 1. The summed E-state index contributed by atoms with van der Waals surface area (Å²) in [6.07, 6.45) is 10.8. The molecule has 0 saturated carbocycles. The zero-order valence-corrected chi connectivity index (χ0v) is 45.0. The minimum Gasteiger partial charge on any atom is -0.328 e. The predicted molar refractivity (Wildman–Crippen MR) is 288 cm³/mol. The van der Waals surface area contributed by atoms with E-state index in [-0.39, 0.29) is 6.04 Å². The van der Waals surface area contributed by atoms with E-state index < -0.39 is 0 Å². The molecular formula is C50H116N12. The second kappa shape index (κ2) is 82.6. The Morgan fingerprint density at radius 2 is 0.839 bits per heavy atom. The van der Waals surface area contributed by atoms with Gasteiger partial charge in [0.1, 0.15) is 0 Å². The van der Waals surface area contributed by atoms with Gasteiger partial charge in [0, 0.05) is 18.6 Å². The fourth-order valence-corrected chi connectivity index (χ4v) is 3.59. The van der Waals surface area contributed by atoms with Crippen LogP contribution in [0.15, 0.2) is 60.7 Å². The second-order valence-electron chi connectivity index (χ2n) is 14.9. The highest BCUT2D eigenvalue weighted by molar-refractivity contribution is 5.17. The average molecular weight is 886 g/mol. The molecule has 12 nitrogen and oxygen atoms in total. The van der Waals surface area contributed by atoms with Gasteiger partial charge >= 0.3 is 0 Å². The van der Waals surface area contributed by atoms with Crippen molar-refractivity contribution in [1.29, 1.82) is 0 Å². The van der Waals surface area contributed by atoms with Crippen LogP contribution in [0.3, 0.4) is 0 Å². The van der Waals surface area contributed by atoms with Crippen LogP contribution in [-0.2, 0) is 6.54 Å². The van der Waals surface area contributed by atoms with Crippen molar-refractivity contribution >= 4 is 0 Å². The lowest BCUT2D eigenvalue weighted by Gasteiger charge is -2.08. The van der Waals surface area contributed by atoms with Gasteiger partial charge in [-0.2, -0.15) is 0 Å². The van der Waals surface area contributed by atoms with Crippen LogP contribution in [0.5, 0.6) is 0 Å². The molecule has 62 heavy (non-hydrogen) atoms. The molecule has 0 radical (unpaired) electrons. The molecule has 2 aliphatic rings. The molecule has 2 aromatic rings. The summed E-state index contributed by atoms with van der Waals surface area (Å²) in [6, 6.07) is 21.5. The molecule has 376 valence electrons. The van der Waals surface area contributed by atoms with Gasteiger partial charge in [0.2, 0.25) is 0 Å². The topological polar surface area (TPSA) is 172 Å². The lowest BCUT2D eigenvalue weighted by molar-refractivity contribution is 0.520. The second-order valence-corrected chi connectivity index (χ2v) is 14.9. The van der Waals surface area contributed by atoms with E-state index in [1.165, 1.54) is 88.7 Å². The smallest absolute Gasteiger partial charge is 0.0266 e. The molecule has 0 aliphatic carbocycles. The van der Waals surface area contributed by atoms with Crippen LogP contribution < -0.4 is 64.6 Å². The van der Waals surface area contributed by atoms with Crippen molar-refractivity contribution in [2.75, 3.05) is 123 Å². The van der Waals surface area contributed by atoms with Gasteiger partial charge in [0.25, 0.3) is 0 Å². The number of nitrogens with one attached hydrogen (secondary N) is 10. The van der Waals surface area contributed by atoms with E-state index in [0.29, 0.717) is 12.1 Å². The van der Waals surface area contributed by atoms with Gasteiger partial charge < -0.3 is 64.6 Å². The quantitative estimate of drug-likeness (QED) is 0.116. The fraction of sp³-hybridized carbons (Fsp3) is 0.760. The molecule has 2 aromatic carbocycles. The molecule has 0 spiro atoms. The molecule has 2 aliphatic heterocycles. The van der Waals surface area contributed by atoms with Crippen molar-refractivity contribution in [3.05, 3.63) is 71.8 Å². The van der Waals surface area contributed by atoms with E-state index in [9.17, 15) is 0 Å². The molecule has 14 N–H and O–H groups in total. The number of nitrogens with two attached hydrogens (primary N) is 2. The summed E-state index contributed by atoms with van der Waals surface area (Å²) in [6.45, 7) is 25.8. The van der Waals surface area contributed by atoms with Crippen molar-refractivity contribution in [1.82, 2.24) is 53.2 Å². The summed E-state index contributed by atoms with van der Waals surface area (Å²) in [4.78, 5) is 0. The van der Waals surface area contributed by atoms with E-state index in [1.807, 2.05) is 147 Å². The van der Waals surface area contributed by atoms with E-state index >= 15 is 0 Å².